The number of hydrogen-bond acceptors (Lipinski definition) is 2. The molecule has 0 aromatic heterocycles. The molecule has 0 aliphatic rings. The summed E-state index contributed by atoms with van der Waals surface area (Å²) < 4.78 is 5.88. The number of unbranched alkanes of at least 4 members (excludes halogenated alkanes) is 1. The van der Waals surface area contributed by atoms with Crippen LogP contribution in [0.25, 0.3) is 0 Å². The van der Waals surface area contributed by atoms with Gasteiger partial charge in [-0.25, -0.2) is 0 Å². The Kier molecular flexibility index (Phi) is 10.3. The minimum atomic E-state index is -0.243. The van der Waals surface area contributed by atoms with Gasteiger partial charge in [-0.05, 0) is 31.9 Å². The number of hydrogen-bond donors (Lipinski definition) is 1. The van der Waals surface area contributed by atoms with E-state index < -0.39 is 0 Å². The number of rotatable bonds is 9. The topological polar surface area (TPSA) is 35.2 Å². The van der Waals surface area contributed by atoms with Crippen LogP contribution in [0.2, 0.25) is 6.04 Å². The highest BCUT2D eigenvalue weighted by Gasteiger charge is 2.03. The quantitative estimate of drug-likeness (QED) is 0.458. The normalized spacial score (nSPS) is 14.1. The lowest BCUT2D eigenvalue weighted by Crippen LogP contribution is -2.14. The Morgan fingerprint density at radius 3 is 2.62 bits per heavy atom. The fourth-order valence-corrected chi connectivity index (χ4v) is 2.86. The Bertz CT molecular complexity index is 101. The van der Waals surface area contributed by atoms with Gasteiger partial charge < -0.3 is 10.2 Å². The average Bonchev–Trinajstić information content (AvgIpc) is 2.16. The van der Waals surface area contributed by atoms with Gasteiger partial charge in [-0.1, -0.05) is 26.7 Å². The summed E-state index contributed by atoms with van der Waals surface area (Å²) in [7, 11) is -0.243. The van der Waals surface area contributed by atoms with E-state index in [1.807, 2.05) is 0 Å². The van der Waals surface area contributed by atoms with E-state index in [4.69, 9.17) is 10.2 Å². The molecule has 3 heteroatoms. The Hall–Kier alpha value is 0.137. The van der Waals surface area contributed by atoms with Crippen LogP contribution in [0.1, 0.15) is 46.0 Å². The van der Waals surface area contributed by atoms with Crippen LogP contribution in [0, 0.1) is 0 Å². The van der Waals surface area contributed by atoms with Gasteiger partial charge >= 0.3 is 0 Å². The van der Waals surface area contributed by atoms with Gasteiger partial charge in [0.15, 0.2) is 9.76 Å². The predicted octanol–water partition coefficient (Wildman–Crippen LogP) is 1.82. The maximum atomic E-state index is 5.88. The molecule has 0 aromatic rings. The van der Waals surface area contributed by atoms with Gasteiger partial charge in [0.1, 0.15) is 0 Å². The zero-order chi connectivity index (χ0) is 9.94. The third kappa shape index (κ3) is 8.47. The van der Waals surface area contributed by atoms with Crippen molar-refractivity contribution < 1.29 is 4.43 Å². The molecule has 0 aliphatic carbocycles. The summed E-state index contributed by atoms with van der Waals surface area (Å²) in [5.41, 5.74) is 5.42. The molecule has 0 aromatic carbocycles. The van der Waals surface area contributed by atoms with Gasteiger partial charge in [-0.2, -0.15) is 0 Å². The molecule has 0 spiro atoms. The highest BCUT2D eigenvalue weighted by molar-refractivity contribution is 6.27. The molecule has 0 saturated heterocycles. The molecular weight excluding hydrogens is 178 g/mol. The first-order chi connectivity index (χ1) is 6.35. The molecular formula is C10H25NOSi. The van der Waals surface area contributed by atoms with Crippen LogP contribution in [0.5, 0.6) is 0 Å². The monoisotopic (exact) mass is 203 g/mol. The smallest absolute Gasteiger partial charge is 0.161 e. The maximum Gasteiger partial charge on any atom is 0.161 e. The second-order valence-corrected chi connectivity index (χ2v) is 4.99. The number of nitrogens with two attached hydrogens (primary N) is 1. The molecule has 1 atom stereocenters. The Balaban J connectivity index is 3.17. The van der Waals surface area contributed by atoms with Gasteiger partial charge in [0.2, 0.25) is 0 Å². The van der Waals surface area contributed by atoms with E-state index >= 15 is 0 Å². The molecule has 0 saturated carbocycles. The summed E-state index contributed by atoms with van der Waals surface area (Å²) in [6, 6.07) is 1.30. The first kappa shape index (κ1) is 13.1. The summed E-state index contributed by atoms with van der Waals surface area (Å²) in [6.45, 7) is 5.27. The zero-order valence-corrected chi connectivity index (χ0v) is 10.6. The lowest BCUT2D eigenvalue weighted by molar-refractivity contribution is 0.194. The predicted molar refractivity (Wildman–Crippen MR) is 61.7 cm³/mol. The maximum absolute atomic E-state index is 5.88. The molecule has 0 radical (unpaired) electrons. The van der Waals surface area contributed by atoms with Crippen LogP contribution in [0.4, 0.5) is 0 Å². The van der Waals surface area contributed by atoms with Gasteiger partial charge in [-0.3, -0.25) is 0 Å². The molecule has 2 nitrogen and oxygen atoms in total. The van der Waals surface area contributed by atoms with Crippen LogP contribution < -0.4 is 5.73 Å². The van der Waals surface area contributed by atoms with Crippen LogP contribution in [0.3, 0.4) is 0 Å². The molecule has 0 bridgehead atoms. The first-order valence-corrected chi connectivity index (χ1v) is 7.24. The van der Waals surface area contributed by atoms with E-state index in [0.717, 1.165) is 6.54 Å². The first-order valence-electron chi connectivity index (χ1n) is 5.66. The summed E-state index contributed by atoms with van der Waals surface area (Å²) >= 11 is 0. The molecule has 13 heavy (non-hydrogen) atoms. The summed E-state index contributed by atoms with van der Waals surface area (Å²) in [5, 5.41) is 0. The molecule has 0 heterocycles. The average molecular weight is 203 g/mol. The van der Waals surface area contributed by atoms with Crippen LogP contribution >= 0.6 is 0 Å². The molecule has 2 N–H and O–H groups in total. The minimum absolute atomic E-state index is 0.243. The SMILES string of the molecule is CCCC(CC)O[SiH2]CCCCN. The van der Waals surface area contributed by atoms with Crippen LogP contribution in [-0.4, -0.2) is 22.4 Å². The van der Waals surface area contributed by atoms with Crippen molar-refractivity contribution in [1.82, 2.24) is 0 Å². The Morgan fingerprint density at radius 1 is 1.31 bits per heavy atom. The van der Waals surface area contributed by atoms with Gasteiger partial charge in [0.05, 0.1) is 0 Å². The van der Waals surface area contributed by atoms with Crippen molar-refractivity contribution in [2.45, 2.75) is 58.1 Å². The van der Waals surface area contributed by atoms with Gasteiger partial charge in [0.25, 0.3) is 0 Å². The zero-order valence-electron chi connectivity index (χ0n) is 9.22. The fourth-order valence-electron chi connectivity index (χ4n) is 1.40. The van der Waals surface area contributed by atoms with Crippen molar-refractivity contribution in [1.29, 1.82) is 0 Å². The van der Waals surface area contributed by atoms with Crippen LogP contribution in [-0.2, 0) is 4.43 Å². The Labute approximate surface area is 85.2 Å². The van der Waals surface area contributed by atoms with Crippen molar-refractivity contribution in [2.24, 2.45) is 5.73 Å². The van der Waals surface area contributed by atoms with E-state index in [1.165, 1.54) is 38.1 Å². The second-order valence-electron chi connectivity index (χ2n) is 3.54. The fraction of sp³-hybridized carbons (Fsp3) is 1.00. The summed E-state index contributed by atoms with van der Waals surface area (Å²) in [6.07, 6.45) is 6.65. The van der Waals surface area contributed by atoms with Crippen molar-refractivity contribution in [3.63, 3.8) is 0 Å². The van der Waals surface area contributed by atoms with E-state index in [-0.39, 0.29) is 9.76 Å². The Morgan fingerprint density at radius 2 is 2.08 bits per heavy atom. The van der Waals surface area contributed by atoms with Crippen molar-refractivity contribution >= 4 is 9.76 Å². The molecule has 0 aliphatic heterocycles. The van der Waals surface area contributed by atoms with Gasteiger partial charge in [0, 0.05) is 6.10 Å². The van der Waals surface area contributed by atoms with Crippen molar-refractivity contribution in [3.05, 3.63) is 0 Å². The van der Waals surface area contributed by atoms with E-state index in [2.05, 4.69) is 13.8 Å². The largest absolute Gasteiger partial charge is 0.421 e. The summed E-state index contributed by atoms with van der Waals surface area (Å²) in [4.78, 5) is 0. The summed E-state index contributed by atoms with van der Waals surface area (Å²) in [5.74, 6) is 0. The standard InChI is InChI=1S/C10H25NOSi/c1-3-7-10(4-2)12-13-9-6-5-8-11/h10H,3-9,11,13H2,1-2H3. The molecule has 80 valence electrons. The molecule has 0 rings (SSSR count). The molecule has 1 unspecified atom stereocenters. The van der Waals surface area contributed by atoms with E-state index in [1.54, 1.807) is 0 Å². The van der Waals surface area contributed by atoms with Crippen molar-refractivity contribution in [3.8, 4) is 0 Å². The van der Waals surface area contributed by atoms with E-state index in [9.17, 15) is 0 Å². The van der Waals surface area contributed by atoms with Gasteiger partial charge in [-0.15, -0.1) is 0 Å². The third-order valence-corrected chi connectivity index (χ3v) is 3.76. The lowest BCUT2D eigenvalue weighted by atomic mass is 10.2. The third-order valence-electron chi connectivity index (χ3n) is 2.27. The van der Waals surface area contributed by atoms with Crippen LogP contribution in [0.15, 0.2) is 0 Å². The van der Waals surface area contributed by atoms with Crippen molar-refractivity contribution in [2.75, 3.05) is 6.54 Å². The molecule has 0 amide bonds. The second kappa shape index (κ2) is 10.2. The minimum Gasteiger partial charge on any atom is -0.421 e. The van der Waals surface area contributed by atoms with E-state index in [0.29, 0.717) is 6.10 Å². The highest BCUT2D eigenvalue weighted by Crippen LogP contribution is 2.06. The lowest BCUT2D eigenvalue weighted by Gasteiger charge is -2.15. The molecule has 0 fully saturated rings. The highest BCUT2D eigenvalue weighted by atomic mass is 28.2.